The van der Waals surface area contributed by atoms with Crippen molar-refractivity contribution >= 4 is 124 Å². The summed E-state index contributed by atoms with van der Waals surface area (Å²) in [5, 5.41) is 0.227. The third-order valence-electron chi connectivity index (χ3n) is 22.2. The molecule has 0 atom stereocenters. The van der Waals surface area contributed by atoms with Gasteiger partial charge >= 0.3 is 0 Å². The first-order valence-electron chi connectivity index (χ1n) is 43.8. The van der Waals surface area contributed by atoms with Crippen molar-refractivity contribution < 1.29 is 28.7 Å². The predicted octanol–water partition coefficient (Wildman–Crippen LogP) is 22.7. The normalized spacial score (nSPS) is 14.6. The molecule has 0 spiro atoms. The molecular weight excluding hydrogens is 1330 g/mol. The first-order chi connectivity index (χ1) is 60.4. The van der Waals surface area contributed by atoms with Crippen LogP contribution in [0.4, 0.5) is 34.1 Å². The summed E-state index contributed by atoms with van der Waals surface area (Å²) in [5.74, 6) is 1.91. The highest BCUT2D eigenvalue weighted by Gasteiger charge is 2.48. The number of nitrogens with zero attached hydrogens (tertiary/aromatic N) is 4. The van der Waals surface area contributed by atoms with E-state index in [1.54, 1.807) is 57.7 Å². The smallest absolute Gasteiger partial charge is 0.256 e. The van der Waals surface area contributed by atoms with Gasteiger partial charge in [-0.25, -0.2) is 0 Å². The molecule has 0 saturated heterocycles. The van der Waals surface area contributed by atoms with E-state index in [1.165, 1.54) is 0 Å². The molecule has 0 radical (unpaired) electrons. The van der Waals surface area contributed by atoms with Gasteiger partial charge in [-0.2, -0.15) is 0 Å². The fraction of sp³-hybridized carbons (Fsp3) is 0. The average molecular weight is 1410 g/mol. The van der Waals surface area contributed by atoms with Crippen molar-refractivity contribution in [3.8, 4) is 101 Å². The van der Waals surface area contributed by atoms with Crippen LogP contribution in [-0.4, -0.2) is 22.6 Å². The Bertz CT molecular complexity index is 7810. The molecule has 0 saturated carbocycles. The summed E-state index contributed by atoms with van der Waals surface area (Å²) in [5.41, 5.74) is 18.2. The molecule has 110 heavy (non-hydrogen) atoms. The molecule has 0 N–H and O–H groups in total. The zero-order valence-electron chi connectivity index (χ0n) is 72.6. The number of benzene rings is 17. The van der Waals surface area contributed by atoms with Crippen molar-refractivity contribution in [1.29, 1.82) is 0 Å². The fourth-order valence-electron chi connectivity index (χ4n) is 17.5. The summed E-state index contributed by atoms with van der Waals surface area (Å²) in [6.07, 6.45) is 0. The Morgan fingerprint density at radius 2 is 0.627 bits per heavy atom. The highest BCUT2D eigenvalue weighted by atomic mass is 16.5. The second-order valence-electron chi connectivity index (χ2n) is 28.3. The van der Waals surface area contributed by atoms with Gasteiger partial charge in [-0.15, -0.1) is 0 Å². The second kappa shape index (κ2) is 24.6. The summed E-state index contributed by atoms with van der Waals surface area (Å²) in [7, 11) is 0. The van der Waals surface area contributed by atoms with E-state index >= 15 is 0 Å². The van der Waals surface area contributed by atoms with Gasteiger partial charge in [0.1, 0.15) is 23.0 Å². The van der Waals surface area contributed by atoms with Gasteiger partial charge in [0.25, 0.3) is 13.4 Å². The molecule has 17 aromatic carbocycles. The van der Waals surface area contributed by atoms with E-state index in [4.69, 9.17) is 13.6 Å². The molecule has 0 bridgehead atoms. The summed E-state index contributed by atoms with van der Waals surface area (Å²) in [6.45, 7) is -1.27. The van der Waals surface area contributed by atoms with E-state index in [2.05, 4.69) is 125 Å². The van der Waals surface area contributed by atoms with Gasteiger partial charge in [0.05, 0.1) is 46.9 Å². The third kappa shape index (κ3) is 9.59. The van der Waals surface area contributed by atoms with Gasteiger partial charge < -0.3 is 28.4 Å². The van der Waals surface area contributed by atoms with Crippen LogP contribution in [-0.2, 0) is 0 Å². The van der Waals surface area contributed by atoms with Crippen LogP contribution in [0.25, 0.3) is 122 Å². The third-order valence-corrected chi connectivity index (χ3v) is 22.2. The van der Waals surface area contributed by atoms with Crippen molar-refractivity contribution in [3.63, 3.8) is 0 Å². The quantitative estimate of drug-likeness (QED) is 0.128. The first kappa shape index (κ1) is 49.5. The monoisotopic (exact) mass is 1410 g/mol. The minimum Gasteiger partial charge on any atom is -0.458 e. The number of hydrogen-bond donors (Lipinski definition) is 0. The van der Waals surface area contributed by atoms with Crippen LogP contribution in [0.15, 0.2) is 388 Å². The lowest BCUT2D eigenvalue weighted by Crippen LogP contribution is -2.63. The van der Waals surface area contributed by atoms with E-state index in [1.807, 2.05) is 140 Å². The lowest BCUT2D eigenvalue weighted by atomic mass is 9.30. The SMILES string of the molecule is [2H]c1c([2H])c([2H])c2c(c1[2H])c1c([2H])c(-c3cc4c5c(c3)N(c3ccccc3)c3cc6c(cc3B5c3ccc(-c5ccccc5)cc3O4)B3c4ccc(-c5ccccc5)cc4Oc4cc(-c5c([2H])c([2H])c7c(c5[2H])c5c([2H])c([2H])c([2H])c([2H])c5n7-c5ccccc5)cc(c43)N6c3c(-c4ccccc4)cccc3-c3ccccc3)c([2H])c([2H])c1n2-c1ccccc1. The first-order valence-corrected chi connectivity index (χ1v) is 36.8. The fourth-order valence-corrected chi connectivity index (χ4v) is 17.5. The Labute approximate surface area is 657 Å². The van der Waals surface area contributed by atoms with Gasteiger partial charge in [-0.05, 0) is 204 Å². The molecule has 6 nitrogen and oxygen atoms in total. The molecule has 19 aromatic rings. The molecule has 4 aliphatic heterocycles. The molecule has 0 amide bonds. The Kier molecular flexibility index (Phi) is 11.1. The number of ether oxygens (including phenoxy) is 2. The van der Waals surface area contributed by atoms with Crippen LogP contribution >= 0.6 is 0 Å². The van der Waals surface area contributed by atoms with E-state index in [0.717, 1.165) is 94.3 Å². The number of para-hydroxylation sites is 6. The van der Waals surface area contributed by atoms with E-state index < -0.39 is 43.6 Å². The van der Waals surface area contributed by atoms with Crippen molar-refractivity contribution in [1.82, 2.24) is 9.13 Å². The molecule has 0 fully saturated rings. The summed E-state index contributed by atoms with van der Waals surface area (Å²) in [6, 6.07) is 94.7. The number of rotatable bonds is 10. The van der Waals surface area contributed by atoms with Gasteiger partial charge in [0.15, 0.2) is 0 Å². The Balaban J connectivity index is 0.857. The minimum absolute atomic E-state index is 0.0256. The Hall–Kier alpha value is -14.3. The van der Waals surface area contributed by atoms with Crippen molar-refractivity contribution in [3.05, 3.63) is 388 Å². The maximum absolute atomic E-state index is 10.8. The maximum atomic E-state index is 10.8. The van der Waals surface area contributed by atoms with E-state index in [0.29, 0.717) is 62.6 Å². The number of hydrogen-bond acceptors (Lipinski definition) is 4. The van der Waals surface area contributed by atoms with Crippen LogP contribution in [0.1, 0.15) is 19.2 Å². The van der Waals surface area contributed by atoms with Crippen LogP contribution in [0.2, 0.25) is 0 Å². The molecule has 6 heterocycles. The Morgan fingerprint density at radius 1 is 0.245 bits per heavy atom. The average Bonchev–Trinajstić information content (AvgIpc) is 1.39. The molecule has 8 heteroatoms. The van der Waals surface area contributed by atoms with Crippen molar-refractivity contribution in [2.75, 3.05) is 9.80 Å². The molecule has 23 rings (SSSR count). The standard InChI is InChI=1S/C102H64B2N4O2/c1-8-27-65(28-9-1)71-47-51-84-96(59-71)109-98-61-73(69-49-53-90-82(55-69)80-41-22-24-45-88(80)105(90)75-35-16-5-17-36-75)57-94-100(98)103(84)86-63-87-93(64-92(86)107(94)77-39-20-7-21-40-77)108(102-78(67-31-12-3-13-32-67)43-26-44-79(102)68-33-14-4-15-34-68)95-58-74(62-99-101(95)104(87)85-52-48-72(60-97(85)110-99)66-29-10-2-11-30-66)70-50-54-91-83(56-70)81-42-23-25-46-89(81)106(91)76-37-18-6-19-38-76/h1-64H/i22D,23D,24D,25D,41D,42D,45D,46D,49D,50D,53D,54D,55D,56D. The second-order valence-corrected chi connectivity index (χ2v) is 28.3. The van der Waals surface area contributed by atoms with Crippen LogP contribution in [0.5, 0.6) is 23.0 Å². The van der Waals surface area contributed by atoms with Crippen molar-refractivity contribution in [2.24, 2.45) is 0 Å². The van der Waals surface area contributed by atoms with Crippen molar-refractivity contribution in [2.45, 2.75) is 0 Å². The predicted molar refractivity (Wildman–Crippen MR) is 459 cm³/mol. The molecule has 510 valence electrons. The summed E-state index contributed by atoms with van der Waals surface area (Å²) >= 11 is 0. The number of fused-ring (bicyclic) bond motifs is 14. The molecule has 2 aromatic heterocycles. The highest BCUT2D eigenvalue weighted by Crippen LogP contribution is 2.53. The van der Waals surface area contributed by atoms with Crippen LogP contribution < -0.4 is 52.1 Å². The lowest BCUT2D eigenvalue weighted by molar-refractivity contribution is 0.487. The zero-order valence-corrected chi connectivity index (χ0v) is 58.6. The van der Waals surface area contributed by atoms with Gasteiger partial charge in [-0.1, -0.05) is 273 Å². The van der Waals surface area contributed by atoms with Gasteiger partial charge in [0.2, 0.25) is 0 Å². The molecular formula is C102H64B2N4O2. The van der Waals surface area contributed by atoms with Crippen LogP contribution in [0, 0.1) is 0 Å². The topological polar surface area (TPSA) is 34.8 Å². The summed E-state index contributed by atoms with van der Waals surface area (Å²) in [4.78, 5) is 4.50. The highest BCUT2D eigenvalue weighted by molar-refractivity contribution is 7.02. The molecule has 0 aliphatic carbocycles. The lowest BCUT2D eigenvalue weighted by Gasteiger charge is -2.45. The largest absolute Gasteiger partial charge is 0.458 e. The van der Waals surface area contributed by atoms with E-state index in [-0.39, 0.29) is 109 Å². The minimum atomic E-state index is -0.650. The van der Waals surface area contributed by atoms with E-state index in [9.17, 15) is 15.1 Å². The number of aromatic nitrogens is 2. The zero-order chi connectivity index (χ0) is 84.3. The summed E-state index contributed by atoms with van der Waals surface area (Å²) < 4.78 is 156. The van der Waals surface area contributed by atoms with Crippen LogP contribution in [0.3, 0.4) is 0 Å². The van der Waals surface area contributed by atoms with Gasteiger partial charge in [-0.3, -0.25) is 0 Å². The Morgan fingerprint density at radius 3 is 1.08 bits per heavy atom. The molecule has 4 aliphatic rings. The number of anilines is 6. The maximum Gasteiger partial charge on any atom is 0.256 e. The van der Waals surface area contributed by atoms with Gasteiger partial charge in [0, 0.05) is 72.5 Å². The molecule has 0 unspecified atom stereocenters.